The number of rotatable bonds is 7. The summed E-state index contributed by atoms with van der Waals surface area (Å²) < 4.78 is 10.8. The fourth-order valence-corrected chi connectivity index (χ4v) is 2.88. The second-order valence-corrected chi connectivity index (χ2v) is 6.01. The fraction of sp³-hybridized carbons (Fsp3) is 0.263. The third kappa shape index (κ3) is 4.22. The fourth-order valence-electron chi connectivity index (χ4n) is 2.88. The number of nitrogens with zero attached hydrogens (tertiary/aromatic N) is 4. The number of hydrogen-bond acceptors (Lipinski definition) is 6. The van der Waals surface area contributed by atoms with Crippen molar-refractivity contribution in [2.24, 2.45) is 0 Å². The Kier molecular flexibility index (Phi) is 5.65. The highest BCUT2D eigenvalue weighted by molar-refractivity contribution is 5.95. The third-order valence-electron chi connectivity index (χ3n) is 4.16. The third-order valence-corrected chi connectivity index (χ3v) is 4.16. The lowest BCUT2D eigenvalue weighted by molar-refractivity contribution is -0.117. The standard InChI is InChI=1S/C19H21N5O3/c1-12-6-4-8-14(10-12)20-19(25)15(18-21-23-24-22-18)11-13-7-5-9-16(26-2)17(13)27-3/h4-10,15H,11H2,1-3H3,(H2,20,21,22,23,24,25)/p-1/t15-/m1/s1. The number of aromatic nitrogens is 4. The smallest absolute Gasteiger partial charge is 0.232 e. The molecule has 0 radical (unpaired) electrons. The van der Waals surface area contributed by atoms with Crippen LogP contribution in [0.1, 0.15) is 22.9 Å². The summed E-state index contributed by atoms with van der Waals surface area (Å²) in [4.78, 5) is 13.0. The molecule has 0 spiro atoms. The molecule has 0 unspecified atom stereocenters. The van der Waals surface area contributed by atoms with Crippen LogP contribution in [0.3, 0.4) is 0 Å². The molecule has 140 valence electrons. The van der Waals surface area contributed by atoms with E-state index in [2.05, 4.69) is 25.9 Å². The Morgan fingerprint density at radius 3 is 2.67 bits per heavy atom. The van der Waals surface area contributed by atoms with E-state index in [0.717, 1.165) is 11.1 Å². The summed E-state index contributed by atoms with van der Waals surface area (Å²) in [6, 6.07) is 13.1. The zero-order valence-electron chi connectivity index (χ0n) is 15.3. The van der Waals surface area contributed by atoms with Gasteiger partial charge in [-0.2, -0.15) is 5.21 Å². The van der Waals surface area contributed by atoms with Gasteiger partial charge in [0.05, 0.1) is 20.1 Å². The summed E-state index contributed by atoms with van der Waals surface area (Å²) in [7, 11) is 3.13. The minimum Gasteiger partial charge on any atom is -0.493 e. The highest BCUT2D eigenvalue weighted by Crippen LogP contribution is 2.33. The van der Waals surface area contributed by atoms with E-state index in [4.69, 9.17) is 9.47 Å². The first-order chi connectivity index (χ1) is 13.1. The topological polar surface area (TPSA) is 100 Å². The molecular weight excluding hydrogens is 346 g/mol. The Morgan fingerprint density at radius 1 is 1.19 bits per heavy atom. The Balaban J connectivity index is 1.90. The van der Waals surface area contributed by atoms with E-state index in [1.54, 1.807) is 20.3 Å². The molecule has 0 aliphatic rings. The molecule has 8 nitrogen and oxygen atoms in total. The van der Waals surface area contributed by atoms with Crippen molar-refractivity contribution in [2.45, 2.75) is 19.3 Å². The van der Waals surface area contributed by atoms with Crippen LogP contribution in [-0.4, -0.2) is 35.7 Å². The molecule has 1 amide bonds. The van der Waals surface area contributed by atoms with Gasteiger partial charge >= 0.3 is 0 Å². The summed E-state index contributed by atoms with van der Waals surface area (Å²) in [5.41, 5.74) is 2.55. The number of para-hydroxylation sites is 1. The number of methoxy groups -OCH3 is 2. The zero-order chi connectivity index (χ0) is 19.2. The summed E-state index contributed by atoms with van der Waals surface area (Å²) >= 11 is 0. The lowest BCUT2D eigenvalue weighted by atomic mass is 9.96. The van der Waals surface area contributed by atoms with E-state index in [1.165, 1.54) is 0 Å². The van der Waals surface area contributed by atoms with Crippen molar-refractivity contribution in [1.29, 1.82) is 0 Å². The first-order valence-corrected chi connectivity index (χ1v) is 8.38. The molecule has 0 saturated carbocycles. The maximum atomic E-state index is 13.0. The Morgan fingerprint density at radius 2 is 2.00 bits per heavy atom. The number of benzene rings is 2. The zero-order valence-corrected chi connectivity index (χ0v) is 15.3. The van der Waals surface area contributed by atoms with Gasteiger partial charge in [0, 0.05) is 11.5 Å². The molecule has 27 heavy (non-hydrogen) atoms. The number of hydrogen-bond donors (Lipinski definition) is 1. The van der Waals surface area contributed by atoms with Gasteiger partial charge in [0.2, 0.25) is 5.91 Å². The maximum absolute atomic E-state index is 13.0. The van der Waals surface area contributed by atoms with Crippen LogP contribution >= 0.6 is 0 Å². The van der Waals surface area contributed by atoms with Crippen molar-refractivity contribution >= 4 is 11.6 Å². The summed E-state index contributed by atoms with van der Waals surface area (Å²) in [5, 5.41) is 17.7. The summed E-state index contributed by atoms with van der Waals surface area (Å²) in [6.45, 7) is 1.96. The first kappa shape index (κ1) is 18.4. The minimum absolute atomic E-state index is 0.250. The van der Waals surface area contributed by atoms with E-state index in [0.29, 0.717) is 23.6 Å². The van der Waals surface area contributed by atoms with Crippen molar-refractivity contribution in [3.8, 4) is 11.5 Å². The Hall–Kier alpha value is -3.42. The van der Waals surface area contributed by atoms with Gasteiger partial charge in [0.15, 0.2) is 11.5 Å². The predicted molar refractivity (Wildman–Crippen MR) is 98.9 cm³/mol. The van der Waals surface area contributed by atoms with Crippen molar-refractivity contribution < 1.29 is 14.3 Å². The minimum atomic E-state index is -0.679. The second kappa shape index (κ2) is 8.31. The average Bonchev–Trinajstić information content (AvgIpc) is 3.20. The summed E-state index contributed by atoms with van der Waals surface area (Å²) in [6.07, 6.45) is 0.311. The predicted octanol–water partition coefficient (Wildman–Crippen LogP) is 2.12. The molecule has 0 bridgehead atoms. The number of carbonyl (C=O) groups is 1. The molecule has 0 aliphatic heterocycles. The van der Waals surface area contributed by atoms with Crippen LogP contribution in [0.15, 0.2) is 42.5 Å². The van der Waals surface area contributed by atoms with E-state index in [-0.39, 0.29) is 11.7 Å². The van der Waals surface area contributed by atoms with Crippen molar-refractivity contribution in [1.82, 2.24) is 20.6 Å². The second-order valence-electron chi connectivity index (χ2n) is 6.01. The molecule has 1 atom stereocenters. The van der Waals surface area contributed by atoms with E-state index < -0.39 is 5.92 Å². The van der Waals surface area contributed by atoms with Gasteiger partial charge < -0.3 is 19.9 Å². The van der Waals surface area contributed by atoms with Gasteiger partial charge in [-0.1, -0.05) is 24.3 Å². The first-order valence-electron chi connectivity index (χ1n) is 8.38. The molecule has 1 heterocycles. The van der Waals surface area contributed by atoms with Crippen LogP contribution in [0.2, 0.25) is 0 Å². The van der Waals surface area contributed by atoms with Gasteiger partial charge in [0.1, 0.15) is 0 Å². The molecule has 8 heteroatoms. The van der Waals surface area contributed by atoms with Gasteiger partial charge in [-0.15, -0.1) is 0 Å². The SMILES string of the molecule is COc1cccc(C[C@@H](C(=O)Nc2cccc(C)c2)c2nnn[n-]2)c1OC. The molecule has 0 fully saturated rings. The number of anilines is 1. The van der Waals surface area contributed by atoms with E-state index >= 15 is 0 Å². The Labute approximate surface area is 156 Å². The normalized spacial score (nSPS) is 11.7. The van der Waals surface area contributed by atoms with Crippen LogP contribution in [0, 0.1) is 6.92 Å². The highest BCUT2D eigenvalue weighted by Gasteiger charge is 2.23. The number of carbonyl (C=O) groups excluding carboxylic acids is 1. The molecule has 2 aromatic carbocycles. The van der Waals surface area contributed by atoms with Crippen molar-refractivity contribution in [3.05, 3.63) is 59.4 Å². The van der Waals surface area contributed by atoms with Crippen molar-refractivity contribution in [2.75, 3.05) is 19.5 Å². The highest BCUT2D eigenvalue weighted by atomic mass is 16.5. The monoisotopic (exact) mass is 366 g/mol. The van der Waals surface area contributed by atoms with Crippen LogP contribution < -0.4 is 19.9 Å². The maximum Gasteiger partial charge on any atom is 0.232 e. The molecule has 3 rings (SSSR count). The number of ether oxygens (including phenoxy) is 2. The van der Waals surface area contributed by atoms with Gasteiger partial charge in [-0.25, -0.2) is 0 Å². The van der Waals surface area contributed by atoms with Gasteiger partial charge in [0.25, 0.3) is 0 Å². The molecule has 1 aromatic heterocycles. The van der Waals surface area contributed by atoms with Crippen LogP contribution in [0.25, 0.3) is 0 Å². The number of amides is 1. The van der Waals surface area contributed by atoms with E-state index in [9.17, 15) is 4.79 Å². The molecular formula is C19H20N5O3-. The van der Waals surface area contributed by atoms with Crippen molar-refractivity contribution in [3.63, 3.8) is 0 Å². The summed E-state index contributed by atoms with van der Waals surface area (Å²) in [5.74, 6) is 0.486. The molecule has 1 N–H and O–H groups in total. The van der Waals surface area contributed by atoms with E-state index in [1.807, 2.05) is 43.3 Å². The molecule has 0 saturated heterocycles. The van der Waals surface area contributed by atoms with Crippen LogP contribution in [0.4, 0.5) is 5.69 Å². The van der Waals surface area contributed by atoms with Crippen LogP contribution in [0.5, 0.6) is 11.5 Å². The lowest BCUT2D eigenvalue weighted by Crippen LogP contribution is -2.24. The largest absolute Gasteiger partial charge is 0.493 e. The lowest BCUT2D eigenvalue weighted by Gasteiger charge is -2.19. The quantitative estimate of drug-likeness (QED) is 0.683. The average molecular weight is 366 g/mol. The molecule has 0 aliphatic carbocycles. The number of tetrazole rings is 1. The van der Waals surface area contributed by atoms with Gasteiger partial charge in [-0.3, -0.25) is 15.1 Å². The number of aryl methyl sites for hydroxylation is 1. The van der Waals surface area contributed by atoms with Gasteiger partial charge in [-0.05, 0) is 42.7 Å². The Bertz CT molecular complexity index is 911. The molecule has 3 aromatic rings. The van der Waals surface area contributed by atoms with Crippen LogP contribution in [-0.2, 0) is 11.2 Å². The number of nitrogens with one attached hydrogen (secondary N) is 1.